The van der Waals surface area contributed by atoms with E-state index in [1.165, 1.54) is 19.3 Å². The third-order valence-corrected chi connectivity index (χ3v) is 3.97. The van der Waals surface area contributed by atoms with Crippen LogP contribution in [0, 0.1) is 23.7 Å². The molecule has 0 radical (unpaired) electrons. The van der Waals surface area contributed by atoms with E-state index in [-0.39, 0.29) is 5.92 Å². The zero-order valence-electron chi connectivity index (χ0n) is 9.42. The standard InChI is InChI=1S/C13H20O/c1-4-10-5-9-6-11(10)12(7-9)13(14)8(2)3/h4,8-9,11-12H,5-7H2,1-3H3/b10-4+. The van der Waals surface area contributed by atoms with Gasteiger partial charge in [0.05, 0.1) is 0 Å². The van der Waals surface area contributed by atoms with E-state index < -0.39 is 0 Å². The zero-order valence-corrected chi connectivity index (χ0v) is 9.42. The summed E-state index contributed by atoms with van der Waals surface area (Å²) in [7, 11) is 0. The second kappa shape index (κ2) is 3.52. The van der Waals surface area contributed by atoms with Gasteiger partial charge in [0.1, 0.15) is 5.78 Å². The van der Waals surface area contributed by atoms with E-state index in [1.807, 2.05) is 13.8 Å². The number of rotatable bonds is 2. The molecule has 0 amide bonds. The van der Waals surface area contributed by atoms with Crippen molar-refractivity contribution < 1.29 is 4.79 Å². The number of ketones is 1. The van der Waals surface area contributed by atoms with E-state index in [4.69, 9.17) is 0 Å². The number of Topliss-reactive ketones (excluding diaryl/α,β-unsaturated/α-hetero) is 1. The first-order valence-corrected chi connectivity index (χ1v) is 5.82. The summed E-state index contributed by atoms with van der Waals surface area (Å²) < 4.78 is 0. The van der Waals surface area contributed by atoms with Crippen LogP contribution < -0.4 is 0 Å². The van der Waals surface area contributed by atoms with E-state index in [0.717, 1.165) is 5.92 Å². The lowest BCUT2D eigenvalue weighted by atomic mass is 9.79. The van der Waals surface area contributed by atoms with Crippen molar-refractivity contribution in [2.24, 2.45) is 23.7 Å². The third kappa shape index (κ3) is 1.43. The molecule has 2 saturated carbocycles. The highest BCUT2D eigenvalue weighted by Gasteiger charge is 2.45. The first-order valence-electron chi connectivity index (χ1n) is 5.82. The minimum absolute atomic E-state index is 0.220. The molecule has 0 N–H and O–H groups in total. The molecule has 2 bridgehead atoms. The lowest BCUT2D eigenvalue weighted by Crippen LogP contribution is -2.26. The van der Waals surface area contributed by atoms with Crippen molar-refractivity contribution >= 4 is 5.78 Å². The van der Waals surface area contributed by atoms with Gasteiger partial charge in [-0.2, -0.15) is 0 Å². The first kappa shape index (κ1) is 9.95. The summed E-state index contributed by atoms with van der Waals surface area (Å²) >= 11 is 0. The zero-order chi connectivity index (χ0) is 10.3. The van der Waals surface area contributed by atoms with Crippen molar-refractivity contribution in [2.45, 2.75) is 40.0 Å². The molecule has 2 aliphatic rings. The maximum Gasteiger partial charge on any atom is 0.139 e. The molecular weight excluding hydrogens is 172 g/mol. The van der Waals surface area contributed by atoms with Gasteiger partial charge in [0.15, 0.2) is 0 Å². The van der Waals surface area contributed by atoms with Crippen molar-refractivity contribution in [1.82, 2.24) is 0 Å². The SMILES string of the molecule is C/C=C1\CC2CC(C(=O)C(C)C)C1C2. The normalized spacial score (nSPS) is 38.6. The van der Waals surface area contributed by atoms with Crippen molar-refractivity contribution in [3.05, 3.63) is 11.6 Å². The Morgan fingerprint density at radius 3 is 2.64 bits per heavy atom. The number of allylic oxidation sites excluding steroid dienone is 2. The van der Waals surface area contributed by atoms with Crippen LogP contribution in [0.15, 0.2) is 11.6 Å². The van der Waals surface area contributed by atoms with Gasteiger partial charge in [-0.15, -0.1) is 0 Å². The number of carbonyl (C=O) groups excluding carboxylic acids is 1. The molecule has 0 aliphatic heterocycles. The summed E-state index contributed by atoms with van der Waals surface area (Å²) in [6.45, 7) is 6.18. The minimum Gasteiger partial charge on any atom is -0.299 e. The molecule has 2 aliphatic carbocycles. The molecule has 0 aromatic carbocycles. The Labute approximate surface area is 86.6 Å². The molecular formula is C13H20O. The fraction of sp³-hybridized carbons (Fsp3) is 0.769. The second-order valence-corrected chi connectivity index (χ2v) is 5.18. The number of carbonyl (C=O) groups is 1. The topological polar surface area (TPSA) is 17.1 Å². The van der Waals surface area contributed by atoms with E-state index in [9.17, 15) is 4.79 Å². The molecule has 0 saturated heterocycles. The van der Waals surface area contributed by atoms with Crippen LogP contribution in [-0.2, 0) is 4.79 Å². The molecule has 0 aromatic heterocycles. The summed E-state index contributed by atoms with van der Waals surface area (Å²) in [6, 6.07) is 0. The molecule has 14 heavy (non-hydrogen) atoms. The monoisotopic (exact) mass is 192 g/mol. The highest BCUT2D eigenvalue weighted by molar-refractivity contribution is 5.84. The van der Waals surface area contributed by atoms with Crippen molar-refractivity contribution in [3.8, 4) is 0 Å². The van der Waals surface area contributed by atoms with Crippen LogP contribution in [0.4, 0.5) is 0 Å². The summed E-state index contributed by atoms with van der Waals surface area (Å²) in [4.78, 5) is 12.0. The van der Waals surface area contributed by atoms with Gasteiger partial charge in [0, 0.05) is 11.8 Å². The lowest BCUT2D eigenvalue weighted by Gasteiger charge is -2.24. The predicted octanol–water partition coefficient (Wildman–Crippen LogP) is 3.20. The highest BCUT2D eigenvalue weighted by atomic mass is 16.1. The maximum absolute atomic E-state index is 12.0. The fourth-order valence-corrected chi connectivity index (χ4v) is 3.28. The fourth-order valence-electron chi connectivity index (χ4n) is 3.28. The molecule has 0 spiro atoms. The van der Waals surface area contributed by atoms with Crippen LogP contribution >= 0.6 is 0 Å². The van der Waals surface area contributed by atoms with Crippen molar-refractivity contribution in [3.63, 3.8) is 0 Å². The third-order valence-electron chi connectivity index (χ3n) is 3.97. The minimum atomic E-state index is 0.220. The summed E-state index contributed by atoms with van der Waals surface area (Å²) in [5.41, 5.74) is 1.56. The van der Waals surface area contributed by atoms with Gasteiger partial charge >= 0.3 is 0 Å². The summed E-state index contributed by atoms with van der Waals surface area (Å²) in [6.07, 6.45) is 5.95. The van der Waals surface area contributed by atoms with Crippen LogP contribution in [0.3, 0.4) is 0 Å². The second-order valence-electron chi connectivity index (χ2n) is 5.18. The van der Waals surface area contributed by atoms with Crippen LogP contribution in [0.1, 0.15) is 40.0 Å². The highest BCUT2D eigenvalue weighted by Crippen LogP contribution is 2.52. The Morgan fingerprint density at radius 1 is 1.43 bits per heavy atom. The van der Waals surface area contributed by atoms with Gasteiger partial charge in [0.25, 0.3) is 0 Å². The summed E-state index contributed by atoms with van der Waals surface area (Å²) in [5, 5.41) is 0. The molecule has 3 atom stereocenters. The molecule has 78 valence electrons. The predicted molar refractivity (Wildman–Crippen MR) is 57.9 cm³/mol. The summed E-state index contributed by atoms with van der Waals surface area (Å²) in [5.74, 6) is 2.51. The van der Waals surface area contributed by atoms with E-state index >= 15 is 0 Å². The van der Waals surface area contributed by atoms with Gasteiger partial charge < -0.3 is 0 Å². The van der Waals surface area contributed by atoms with Crippen LogP contribution in [-0.4, -0.2) is 5.78 Å². The Bertz CT molecular complexity index is 275. The largest absolute Gasteiger partial charge is 0.299 e. The maximum atomic E-state index is 12.0. The van der Waals surface area contributed by atoms with E-state index in [0.29, 0.717) is 17.6 Å². The number of fused-ring (bicyclic) bond motifs is 2. The Hall–Kier alpha value is -0.590. The average molecular weight is 192 g/mol. The van der Waals surface area contributed by atoms with Crippen LogP contribution in [0.2, 0.25) is 0 Å². The molecule has 1 heteroatoms. The van der Waals surface area contributed by atoms with Crippen molar-refractivity contribution in [2.75, 3.05) is 0 Å². The van der Waals surface area contributed by atoms with Crippen LogP contribution in [0.25, 0.3) is 0 Å². The van der Waals surface area contributed by atoms with Gasteiger partial charge in [-0.05, 0) is 38.0 Å². The van der Waals surface area contributed by atoms with E-state index in [2.05, 4.69) is 13.0 Å². The first-order chi connectivity index (χ1) is 6.63. The molecule has 3 unspecified atom stereocenters. The molecule has 2 fully saturated rings. The lowest BCUT2D eigenvalue weighted by molar-refractivity contribution is -0.126. The Kier molecular flexibility index (Phi) is 2.50. The van der Waals surface area contributed by atoms with Crippen LogP contribution in [0.5, 0.6) is 0 Å². The number of hydrogen-bond acceptors (Lipinski definition) is 1. The van der Waals surface area contributed by atoms with Crippen molar-refractivity contribution in [1.29, 1.82) is 0 Å². The Morgan fingerprint density at radius 2 is 2.14 bits per heavy atom. The van der Waals surface area contributed by atoms with Gasteiger partial charge in [0.2, 0.25) is 0 Å². The average Bonchev–Trinajstić information content (AvgIpc) is 2.74. The van der Waals surface area contributed by atoms with Gasteiger partial charge in [-0.1, -0.05) is 25.5 Å². The van der Waals surface area contributed by atoms with Gasteiger partial charge in [-0.25, -0.2) is 0 Å². The number of hydrogen-bond donors (Lipinski definition) is 0. The molecule has 2 rings (SSSR count). The molecule has 0 heterocycles. The smallest absolute Gasteiger partial charge is 0.139 e. The van der Waals surface area contributed by atoms with Gasteiger partial charge in [-0.3, -0.25) is 4.79 Å². The molecule has 1 nitrogen and oxygen atoms in total. The van der Waals surface area contributed by atoms with E-state index in [1.54, 1.807) is 5.57 Å². The quantitative estimate of drug-likeness (QED) is 0.614. The molecule has 0 aromatic rings. The Balaban J connectivity index is 2.14.